The van der Waals surface area contributed by atoms with Gasteiger partial charge >= 0.3 is 0 Å². The summed E-state index contributed by atoms with van der Waals surface area (Å²) in [5.74, 6) is -1.11. The Hall–Kier alpha value is -3.26. The Kier molecular flexibility index (Phi) is 7.57. The molecule has 2 fully saturated rings. The number of ether oxygens (including phenoxy) is 1. The summed E-state index contributed by atoms with van der Waals surface area (Å²) >= 11 is 0. The Bertz CT molecular complexity index is 1030. The van der Waals surface area contributed by atoms with E-state index in [-0.39, 0.29) is 17.7 Å². The fourth-order valence-corrected chi connectivity index (χ4v) is 4.58. The average molecular weight is 468 g/mol. The summed E-state index contributed by atoms with van der Waals surface area (Å²) in [6.45, 7) is 4.86. The normalized spacial score (nSPS) is 17.8. The molecule has 2 aromatic carbocycles. The summed E-state index contributed by atoms with van der Waals surface area (Å²) in [5.41, 5.74) is 1.98. The number of nitrogens with one attached hydrogen (secondary N) is 1. The van der Waals surface area contributed by atoms with E-state index in [0.717, 1.165) is 5.56 Å². The molecule has 1 atom stereocenters. The van der Waals surface area contributed by atoms with Crippen molar-refractivity contribution in [3.05, 3.63) is 71.0 Å². The summed E-state index contributed by atoms with van der Waals surface area (Å²) in [6, 6.07) is 12.1. The van der Waals surface area contributed by atoms with Gasteiger partial charge in [0, 0.05) is 37.3 Å². The van der Waals surface area contributed by atoms with Crippen molar-refractivity contribution < 1.29 is 23.5 Å². The number of nitrogens with zero attached hydrogens (tertiary/aromatic N) is 2. The number of benzene rings is 2. The number of aryl methyl sites for hydroxylation is 1. The van der Waals surface area contributed by atoms with Gasteiger partial charge in [-0.05, 0) is 62.1 Å². The standard InChI is InChI=1S/C26H30FN3O4/c1-18-3-2-4-21(17-18)25(32)29-11-9-19(10-12-29)23(26(33)30-13-15-34-16-14-30)28-24(31)20-5-7-22(27)8-6-20/h2-8,17,19,23H,9-16H2,1H3,(H,28,31). The van der Waals surface area contributed by atoms with Crippen LogP contribution in [0.4, 0.5) is 4.39 Å². The molecule has 0 radical (unpaired) electrons. The van der Waals surface area contributed by atoms with E-state index in [9.17, 15) is 18.8 Å². The fourth-order valence-electron chi connectivity index (χ4n) is 4.58. The van der Waals surface area contributed by atoms with Crippen molar-refractivity contribution in [3.8, 4) is 0 Å². The second kappa shape index (κ2) is 10.8. The molecule has 2 aliphatic rings. The first kappa shape index (κ1) is 23.9. The zero-order chi connectivity index (χ0) is 24.1. The molecular weight excluding hydrogens is 437 g/mol. The van der Waals surface area contributed by atoms with Crippen molar-refractivity contribution in [2.24, 2.45) is 5.92 Å². The summed E-state index contributed by atoms with van der Waals surface area (Å²) in [4.78, 5) is 42.8. The molecule has 2 aromatic rings. The highest BCUT2D eigenvalue weighted by Gasteiger charge is 2.36. The number of piperidine rings is 1. The summed E-state index contributed by atoms with van der Waals surface area (Å²) in [6.07, 6.45) is 1.20. The van der Waals surface area contributed by atoms with E-state index < -0.39 is 17.8 Å². The number of halogens is 1. The third kappa shape index (κ3) is 5.62. The van der Waals surface area contributed by atoms with Crippen molar-refractivity contribution >= 4 is 17.7 Å². The molecule has 0 bridgehead atoms. The van der Waals surface area contributed by atoms with Gasteiger partial charge < -0.3 is 19.9 Å². The predicted octanol–water partition coefficient (Wildman–Crippen LogP) is 2.64. The Morgan fingerprint density at radius 3 is 2.26 bits per heavy atom. The lowest BCUT2D eigenvalue weighted by Gasteiger charge is -2.38. The van der Waals surface area contributed by atoms with E-state index in [1.807, 2.05) is 36.1 Å². The smallest absolute Gasteiger partial charge is 0.253 e. The lowest BCUT2D eigenvalue weighted by Crippen LogP contribution is -2.56. The first-order valence-corrected chi connectivity index (χ1v) is 11.7. The number of hydrogen-bond acceptors (Lipinski definition) is 4. The van der Waals surface area contributed by atoms with Gasteiger partial charge in [0.05, 0.1) is 13.2 Å². The minimum absolute atomic E-state index is 0.0199. The van der Waals surface area contributed by atoms with Crippen LogP contribution >= 0.6 is 0 Å². The maximum atomic E-state index is 13.4. The lowest BCUT2D eigenvalue weighted by molar-refractivity contribution is -0.139. The molecule has 0 saturated carbocycles. The highest BCUT2D eigenvalue weighted by Crippen LogP contribution is 2.24. The molecule has 2 saturated heterocycles. The molecule has 1 unspecified atom stereocenters. The largest absolute Gasteiger partial charge is 0.378 e. The van der Waals surface area contributed by atoms with Crippen LogP contribution in [0.5, 0.6) is 0 Å². The molecule has 0 spiro atoms. The maximum absolute atomic E-state index is 13.4. The molecule has 8 heteroatoms. The number of morpholine rings is 1. The van der Waals surface area contributed by atoms with Crippen molar-refractivity contribution in [1.82, 2.24) is 15.1 Å². The molecule has 4 rings (SSSR count). The maximum Gasteiger partial charge on any atom is 0.253 e. The van der Waals surface area contributed by atoms with Crippen LogP contribution in [0.1, 0.15) is 39.1 Å². The molecule has 3 amide bonds. The van der Waals surface area contributed by atoms with Crippen LogP contribution in [-0.4, -0.2) is 73.0 Å². The molecule has 7 nitrogen and oxygen atoms in total. The minimum Gasteiger partial charge on any atom is -0.378 e. The minimum atomic E-state index is -0.716. The zero-order valence-electron chi connectivity index (χ0n) is 19.3. The molecule has 34 heavy (non-hydrogen) atoms. The molecule has 2 aliphatic heterocycles. The molecule has 1 N–H and O–H groups in total. The van der Waals surface area contributed by atoms with Crippen LogP contribution in [0, 0.1) is 18.7 Å². The number of rotatable bonds is 5. The van der Waals surface area contributed by atoms with Gasteiger partial charge in [-0.2, -0.15) is 0 Å². The van der Waals surface area contributed by atoms with E-state index in [1.165, 1.54) is 24.3 Å². The summed E-state index contributed by atoms with van der Waals surface area (Å²) in [5, 5.41) is 2.91. The van der Waals surface area contributed by atoms with Gasteiger partial charge in [0.15, 0.2) is 0 Å². The molecular formula is C26H30FN3O4. The highest BCUT2D eigenvalue weighted by molar-refractivity contribution is 5.98. The van der Waals surface area contributed by atoms with Crippen molar-refractivity contribution in [2.75, 3.05) is 39.4 Å². The topological polar surface area (TPSA) is 79.0 Å². The SMILES string of the molecule is Cc1cccc(C(=O)N2CCC(C(NC(=O)c3ccc(F)cc3)C(=O)N3CCOCC3)CC2)c1. The third-order valence-electron chi connectivity index (χ3n) is 6.55. The Labute approximate surface area is 198 Å². The van der Waals surface area contributed by atoms with Gasteiger partial charge in [0.25, 0.3) is 11.8 Å². The molecule has 180 valence electrons. The van der Waals surface area contributed by atoms with E-state index in [1.54, 1.807) is 4.90 Å². The average Bonchev–Trinajstić information content (AvgIpc) is 2.87. The van der Waals surface area contributed by atoms with Crippen LogP contribution in [0.25, 0.3) is 0 Å². The highest BCUT2D eigenvalue weighted by atomic mass is 19.1. The van der Waals surface area contributed by atoms with Gasteiger partial charge in [0.1, 0.15) is 11.9 Å². The van der Waals surface area contributed by atoms with Crippen molar-refractivity contribution in [3.63, 3.8) is 0 Å². The third-order valence-corrected chi connectivity index (χ3v) is 6.55. The lowest BCUT2D eigenvalue weighted by atomic mass is 9.87. The van der Waals surface area contributed by atoms with Crippen LogP contribution in [0.2, 0.25) is 0 Å². The first-order chi connectivity index (χ1) is 16.4. The van der Waals surface area contributed by atoms with Crippen molar-refractivity contribution in [1.29, 1.82) is 0 Å². The van der Waals surface area contributed by atoms with E-state index in [2.05, 4.69) is 5.32 Å². The molecule has 2 heterocycles. The van der Waals surface area contributed by atoms with Crippen LogP contribution in [0.15, 0.2) is 48.5 Å². The molecule has 0 aliphatic carbocycles. The summed E-state index contributed by atoms with van der Waals surface area (Å²) < 4.78 is 18.7. The number of amides is 3. The quantitative estimate of drug-likeness (QED) is 0.733. The van der Waals surface area contributed by atoms with E-state index in [4.69, 9.17) is 4.74 Å². The van der Waals surface area contributed by atoms with Gasteiger partial charge in [-0.25, -0.2) is 4.39 Å². The van der Waals surface area contributed by atoms with Gasteiger partial charge in [-0.3, -0.25) is 14.4 Å². The first-order valence-electron chi connectivity index (χ1n) is 11.7. The van der Waals surface area contributed by atoms with E-state index >= 15 is 0 Å². The number of carbonyl (C=O) groups is 3. The van der Waals surface area contributed by atoms with Crippen LogP contribution < -0.4 is 5.32 Å². The zero-order valence-corrected chi connectivity index (χ0v) is 19.3. The predicted molar refractivity (Wildman–Crippen MR) is 125 cm³/mol. The van der Waals surface area contributed by atoms with Crippen LogP contribution in [0.3, 0.4) is 0 Å². The molecule has 0 aromatic heterocycles. The number of hydrogen-bond donors (Lipinski definition) is 1. The Balaban J connectivity index is 1.46. The number of likely N-dealkylation sites (tertiary alicyclic amines) is 1. The second-order valence-corrected chi connectivity index (χ2v) is 8.89. The van der Waals surface area contributed by atoms with Crippen molar-refractivity contribution in [2.45, 2.75) is 25.8 Å². The van der Waals surface area contributed by atoms with Crippen LogP contribution in [-0.2, 0) is 9.53 Å². The van der Waals surface area contributed by atoms with Gasteiger partial charge in [-0.1, -0.05) is 17.7 Å². The van der Waals surface area contributed by atoms with Gasteiger partial charge in [-0.15, -0.1) is 0 Å². The Morgan fingerprint density at radius 1 is 0.941 bits per heavy atom. The summed E-state index contributed by atoms with van der Waals surface area (Å²) in [7, 11) is 0. The Morgan fingerprint density at radius 2 is 1.62 bits per heavy atom. The van der Waals surface area contributed by atoms with E-state index in [0.29, 0.717) is 63.4 Å². The fraction of sp³-hybridized carbons (Fsp3) is 0.423. The van der Waals surface area contributed by atoms with Gasteiger partial charge in [0.2, 0.25) is 5.91 Å². The monoisotopic (exact) mass is 467 g/mol. The second-order valence-electron chi connectivity index (χ2n) is 8.89. The number of carbonyl (C=O) groups excluding carboxylic acids is 3.